The predicted molar refractivity (Wildman–Crippen MR) is 117 cm³/mol. The number of carbonyl (C=O) groups is 1. The van der Waals surface area contributed by atoms with E-state index >= 15 is 0 Å². The van der Waals surface area contributed by atoms with Crippen molar-refractivity contribution in [3.05, 3.63) is 71.0 Å². The summed E-state index contributed by atoms with van der Waals surface area (Å²) in [4.78, 5) is 22.6. The third kappa shape index (κ3) is 3.73. The van der Waals surface area contributed by atoms with Crippen LogP contribution in [0.15, 0.2) is 47.4 Å². The van der Waals surface area contributed by atoms with Crippen LogP contribution >= 0.6 is 11.6 Å². The molecule has 0 fully saturated rings. The summed E-state index contributed by atoms with van der Waals surface area (Å²) in [6.07, 6.45) is 5.42. The Balaban J connectivity index is 1.31. The molecule has 11 nitrogen and oxygen atoms in total. The molecule has 1 aliphatic rings. The third-order valence-electron chi connectivity index (χ3n) is 5.85. The molecule has 0 saturated carbocycles. The Kier molecular flexibility index (Phi) is 5.06. The zero-order valence-electron chi connectivity index (χ0n) is 17.8. The van der Waals surface area contributed by atoms with E-state index in [0.717, 1.165) is 28.8 Å². The SMILES string of the molecule is O=C(c1nnc(-c2ccn(C(F)F)n2)o1)N1CCc2[nH]cnc2[C@H]1Cc1cc2c(Cl)cccn2n1. The Hall–Kier alpha value is -4.13. The largest absolute Gasteiger partial charge is 0.411 e. The quantitative estimate of drug-likeness (QED) is 0.393. The second-order valence-corrected chi connectivity index (χ2v) is 8.33. The number of nitrogens with zero attached hydrogens (tertiary/aromatic N) is 8. The number of aromatic nitrogens is 8. The maximum atomic E-state index is 13.4. The molecule has 1 amide bonds. The molecule has 5 aromatic rings. The highest BCUT2D eigenvalue weighted by molar-refractivity contribution is 6.33. The van der Waals surface area contributed by atoms with Crippen molar-refractivity contribution in [2.75, 3.05) is 6.54 Å². The Bertz CT molecular complexity index is 1540. The van der Waals surface area contributed by atoms with E-state index < -0.39 is 18.5 Å². The maximum absolute atomic E-state index is 13.4. The summed E-state index contributed by atoms with van der Waals surface area (Å²) >= 11 is 6.29. The zero-order valence-corrected chi connectivity index (χ0v) is 18.6. The number of halogens is 3. The van der Waals surface area contributed by atoms with Gasteiger partial charge in [-0.25, -0.2) is 14.2 Å². The van der Waals surface area contributed by atoms with Crippen LogP contribution in [0, 0.1) is 0 Å². The number of hydrogen-bond acceptors (Lipinski definition) is 7. The van der Waals surface area contributed by atoms with E-state index in [4.69, 9.17) is 16.0 Å². The fourth-order valence-corrected chi connectivity index (χ4v) is 4.44. The van der Waals surface area contributed by atoms with Gasteiger partial charge in [0.2, 0.25) is 0 Å². The Morgan fingerprint density at radius 3 is 2.94 bits per heavy atom. The number of amides is 1. The van der Waals surface area contributed by atoms with Crippen molar-refractivity contribution in [1.82, 2.24) is 44.5 Å². The van der Waals surface area contributed by atoms with E-state index in [-0.39, 0.29) is 17.5 Å². The van der Waals surface area contributed by atoms with Crippen molar-refractivity contribution in [1.29, 1.82) is 0 Å². The lowest BCUT2D eigenvalue weighted by molar-refractivity contribution is 0.0566. The minimum Gasteiger partial charge on any atom is -0.411 e. The molecule has 1 N–H and O–H groups in total. The number of nitrogens with one attached hydrogen (secondary N) is 1. The van der Waals surface area contributed by atoms with Gasteiger partial charge in [-0.2, -0.15) is 19.0 Å². The molecule has 0 saturated heterocycles. The first-order valence-corrected chi connectivity index (χ1v) is 11.0. The van der Waals surface area contributed by atoms with E-state index in [9.17, 15) is 13.6 Å². The van der Waals surface area contributed by atoms with Gasteiger partial charge in [0.05, 0.1) is 34.3 Å². The summed E-state index contributed by atoms with van der Waals surface area (Å²) in [6.45, 7) is -2.43. The minimum atomic E-state index is -2.81. The van der Waals surface area contributed by atoms with Crippen molar-refractivity contribution in [3.8, 4) is 11.6 Å². The summed E-state index contributed by atoms with van der Waals surface area (Å²) in [5.41, 5.74) is 3.18. The Morgan fingerprint density at radius 1 is 1.26 bits per heavy atom. The van der Waals surface area contributed by atoms with Crippen molar-refractivity contribution < 1.29 is 18.0 Å². The number of rotatable bonds is 5. The minimum absolute atomic E-state index is 0.0446. The second-order valence-electron chi connectivity index (χ2n) is 7.93. The molecule has 35 heavy (non-hydrogen) atoms. The van der Waals surface area contributed by atoms with Gasteiger partial charge in [-0.3, -0.25) is 4.79 Å². The summed E-state index contributed by atoms with van der Waals surface area (Å²) < 4.78 is 33.3. The Labute approximate surface area is 200 Å². The number of pyridine rings is 1. The number of hydrogen-bond donors (Lipinski definition) is 1. The van der Waals surface area contributed by atoms with Crippen LogP contribution in [0.1, 0.15) is 40.4 Å². The monoisotopic (exact) mass is 499 g/mol. The topological polar surface area (TPSA) is 123 Å². The van der Waals surface area contributed by atoms with Crippen molar-refractivity contribution in [3.63, 3.8) is 0 Å². The van der Waals surface area contributed by atoms with Gasteiger partial charge in [0, 0.05) is 37.5 Å². The molecular weight excluding hydrogens is 484 g/mol. The fourth-order valence-electron chi connectivity index (χ4n) is 4.23. The number of H-pyrrole nitrogens is 1. The van der Waals surface area contributed by atoms with Gasteiger partial charge in [0.25, 0.3) is 5.89 Å². The molecule has 0 aliphatic carbocycles. The molecule has 0 spiro atoms. The van der Waals surface area contributed by atoms with E-state index in [2.05, 4.69) is 30.4 Å². The highest BCUT2D eigenvalue weighted by atomic mass is 35.5. The van der Waals surface area contributed by atoms with Crippen LogP contribution in [0.4, 0.5) is 8.78 Å². The Morgan fingerprint density at radius 2 is 2.14 bits per heavy atom. The average Bonchev–Trinajstić information content (AvgIpc) is 3.64. The van der Waals surface area contributed by atoms with Crippen LogP contribution in [0.5, 0.6) is 0 Å². The van der Waals surface area contributed by atoms with E-state index in [1.54, 1.807) is 34.1 Å². The first kappa shape index (κ1) is 21.4. The molecule has 0 unspecified atom stereocenters. The van der Waals surface area contributed by atoms with Crippen molar-refractivity contribution in [2.24, 2.45) is 0 Å². The molecule has 6 rings (SSSR count). The molecule has 178 valence electrons. The van der Waals surface area contributed by atoms with Crippen molar-refractivity contribution in [2.45, 2.75) is 25.4 Å². The lowest BCUT2D eigenvalue weighted by atomic mass is 9.98. The van der Waals surface area contributed by atoms with Gasteiger partial charge < -0.3 is 14.3 Å². The molecule has 5 aromatic heterocycles. The summed E-state index contributed by atoms with van der Waals surface area (Å²) in [7, 11) is 0. The number of carbonyl (C=O) groups excluding carboxylic acids is 1. The van der Waals surface area contributed by atoms with Gasteiger partial charge in [-0.1, -0.05) is 11.6 Å². The first-order valence-electron chi connectivity index (χ1n) is 10.6. The third-order valence-corrected chi connectivity index (χ3v) is 6.17. The second kappa shape index (κ2) is 8.27. The highest BCUT2D eigenvalue weighted by Crippen LogP contribution is 2.32. The van der Waals surface area contributed by atoms with Crippen LogP contribution < -0.4 is 0 Å². The van der Waals surface area contributed by atoms with Gasteiger partial charge in [-0.05, 0) is 24.3 Å². The lowest BCUT2D eigenvalue weighted by Crippen LogP contribution is -2.41. The maximum Gasteiger partial charge on any atom is 0.333 e. The molecule has 0 aromatic carbocycles. The standard InChI is InChI=1S/C21H16ClF2N9O2/c22-12-2-1-5-32-15(12)8-11(29-32)9-16-17-13(25-10-26-17)3-6-31(16)20(34)19-28-27-18(35-19)14-4-7-33(30-14)21(23)24/h1-2,4-5,7-8,10,16,21H,3,6,9H2,(H,25,26)/t16-/m1/s1. The summed E-state index contributed by atoms with van der Waals surface area (Å²) in [5, 5.41) is 16.5. The molecule has 1 atom stereocenters. The van der Waals surface area contributed by atoms with Crippen LogP contribution in [0.25, 0.3) is 17.1 Å². The van der Waals surface area contributed by atoms with E-state index in [0.29, 0.717) is 29.1 Å². The van der Waals surface area contributed by atoms with Gasteiger partial charge in [0.1, 0.15) is 5.69 Å². The first-order chi connectivity index (χ1) is 17.0. The number of imidazole rings is 1. The molecule has 14 heteroatoms. The molecule has 0 bridgehead atoms. The van der Waals surface area contributed by atoms with E-state index in [1.165, 1.54) is 6.07 Å². The van der Waals surface area contributed by atoms with Crippen LogP contribution in [0.2, 0.25) is 5.02 Å². The summed E-state index contributed by atoms with van der Waals surface area (Å²) in [5.74, 6) is -0.900. The van der Waals surface area contributed by atoms with Crippen LogP contribution in [0.3, 0.4) is 0 Å². The number of aromatic amines is 1. The molecular formula is C21H16ClF2N9O2. The average molecular weight is 500 g/mol. The molecule has 1 aliphatic heterocycles. The number of alkyl halides is 2. The normalized spacial score (nSPS) is 15.8. The predicted octanol–water partition coefficient (Wildman–Crippen LogP) is 3.33. The van der Waals surface area contributed by atoms with Gasteiger partial charge in [-0.15, -0.1) is 10.2 Å². The lowest BCUT2D eigenvalue weighted by Gasteiger charge is -2.33. The van der Waals surface area contributed by atoms with E-state index in [1.807, 2.05) is 6.07 Å². The highest BCUT2D eigenvalue weighted by Gasteiger charge is 2.36. The molecule has 0 radical (unpaired) electrons. The van der Waals surface area contributed by atoms with Crippen molar-refractivity contribution >= 4 is 23.0 Å². The smallest absolute Gasteiger partial charge is 0.333 e. The van der Waals surface area contributed by atoms with Gasteiger partial charge >= 0.3 is 18.3 Å². The van der Waals surface area contributed by atoms with Gasteiger partial charge in [0.15, 0.2) is 0 Å². The summed E-state index contributed by atoms with van der Waals surface area (Å²) in [6, 6.07) is 6.31. The fraction of sp³-hybridized carbons (Fsp3) is 0.238. The number of fused-ring (bicyclic) bond motifs is 2. The van der Waals surface area contributed by atoms with Crippen LogP contribution in [-0.4, -0.2) is 56.9 Å². The van der Waals surface area contributed by atoms with Crippen LogP contribution in [-0.2, 0) is 12.8 Å². The molecule has 6 heterocycles. The zero-order chi connectivity index (χ0) is 24.1.